The van der Waals surface area contributed by atoms with Gasteiger partial charge in [0, 0.05) is 12.6 Å². The lowest BCUT2D eigenvalue weighted by molar-refractivity contribution is -0.159. The number of hydrogen-bond acceptors (Lipinski definition) is 5. The zero-order valence-corrected chi connectivity index (χ0v) is 7.79. The molecule has 0 radical (unpaired) electrons. The van der Waals surface area contributed by atoms with Gasteiger partial charge < -0.3 is 16.2 Å². The predicted octanol–water partition coefficient (Wildman–Crippen LogP) is -0.468. The normalized spacial score (nSPS) is 12.2. The van der Waals surface area contributed by atoms with Crippen molar-refractivity contribution in [3.63, 3.8) is 0 Å². The molecule has 0 aromatic heterocycles. The Hall–Kier alpha value is -0.940. The largest absolute Gasteiger partial charge is 0.393 e. The monoisotopic (exact) mass is 188 g/mol. The number of carbonyl (C=O) groups is 2. The maximum Gasteiger partial charge on any atom is 0.315 e. The van der Waals surface area contributed by atoms with Gasteiger partial charge in [-0.15, -0.1) is 0 Å². The fraction of sp³-hybridized carbons (Fsp3) is 0.750. The number of nitrogens with two attached hydrogens (primary N) is 2. The molecule has 0 aromatic rings. The van der Waals surface area contributed by atoms with Crippen molar-refractivity contribution in [3.05, 3.63) is 0 Å². The van der Waals surface area contributed by atoms with Gasteiger partial charge in [-0.05, 0) is 6.42 Å². The van der Waals surface area contributed by atoms with Gasteiger partial charge in [0.15, 0.2) is 0 Å². The van der Waals surface area contributed by atoms with E-state index >= 15 is 0 Å². The van der Waals surface area contributed by atoms with Gasteiger partial charge in [-0.3, -0.25) is 9.59 Å². The molecule has 0 spiro atoms. The standard InChI is InChI=1S/C8H16N2O3/c1-2-6(10)5-8(12)13-7(11)3-4-9/h6H,2-5,9-10H2,1H3. The first-order valence-electron chi connectivity index (χ1n) is 4.29. The Bertz CT molecular complexity index is 182. The molecule has 0 saturated heterocycles. The minimum Gasteiger partial charge on any atom is -0.393 e. The van der Waals surface area contributed by atoms with Gasteiger partial charge in [0.25, 0.3) is 0 Å². The summed E-state index contributed by atoms with van der Waals surface area (Å²) in [4.78, 5) is 21.7. The van der Waals surface area contributed by atoms with E-state index in [2.05, 4.69) is 4.74 Å². The quantitative estimate of drug-likeness (QED) is 0.449. The summed E-state index contributed by atoms with van der Waals surface area (Å²) in [5.74, 6) is -1.16. The highest BCUT2D eigenvalue weighted by Crippen LogP contribution is 1.97. The lowest BCUT2D eigenvalue weighted by atomic mass is 10.2. The van der Waals surface area contributed by atoms with Crippen LogP contribution in [0.1, 0.15) is 26.2 Å². The minimum absolute atomic E-state index is 0.0626. The summed E-state index contributed by atoms with van der Waals surface area (Å²) in [6.07, 6.45) is 0.820. The van der Waals surface area contributed by atoms with Gasteiger partial charge >= 0.3 is 11.9 Å². The zero-order valence-electron chi connectivity index (χ0n) is 7.79. The van der Waals surface area contributed by atoms with Crippen LogP contribution >= 0.6 is 0 Å². The highest BCUT2D eigenvalue weighted by atomic mass is 16.6. The summed E-state index contributed by atoms with van der Waals surface area (Å²) in [6.45, 7) is 2.05. The van der Waals surface area contributed by atoms with Crippen molar-refractivity contribution in [1.29, 1.82) is 0 Å². The van der Waals surface area contributed by atoms with Crippen molar-refractivity contribution < 1.29 is 14.3 Å². The third kappa shape index (κ3) is 6.24. The van der Waals surface area contributed by atoms with E-state index in [0.717, 1.165) is 0 Å². The molecule has 0 rings (SSSR count). The molecule has 1 atom stereocenters. The molecule has 0 bridgehead atoms. The summed E-state index contributed by atoms with van der Waals surface area (Å²) in [7, 11) is 0. The lowest BCUT2D eigenvalue weighted by Gasteiger charge is -2.06. The van der Waals surface area contributed by atoms with Gasteiger partial charge in [-0.1, -0.05) is 6.92 Å². The summed E-state index contributed by atoms with van der Waals surface area (Å²) < 4.78 is 4.43. The Balaban J connectivity index is 3.67. The van der Waals surface area contributed by atoms with Crippen molar-refractivity contribution in [2.24, 2.45) is 11.5 Å². The third-order valence-corrected chi connectivity index (χ3v) is 1.53. The second-order valence-electron chi connectivity index (χ2n) is 2.76. The lowest BCUT2D eigenvalue weighted by Crippen LogP contribution is -2.25. The Morgan fingerprint density at radius 1 is 1.38 bits per heavy atom. The average Bonchev–Trinajstić information content (AvgIpc) is 2.04. The molecular weight excluding hydrogens is 172 g/mol. The SMILES string of the molecule is CCC(N)CC(=O)OC(=O)CCN. The highest BCUT2D eigenvalue weighted by molar-refractivity contribution is 5.85. The predicted molar refractivity (Wildman–Crippen MR) is 47.7 cm³/mol. The molecule has 0 fully saturated rings. The molecule has 0 aromatic carbocycles. The molecule has 13 heavy (non-hydrogen) atoms. The van der Waals surface area contributed by atoms with Gasteiger partial charge in [0.2, 0.25) is 0 Å². The first-order chi connectivity index (χ1) is 6.10. The van der Waals surface area contributed by atoms with Crippen LogP contribution in [-0.2, 0) is 14.3 Å². The number of ether oxygens (including phenoxy) is 1. The van der Waals surface area contributed by atoms with Crippen LogP contribution in [0.2, 0.25) is 0 Å². The van der Waals surface area contributed by atoms with Crippen LogP contribution in [-0.4, -0.2) is 24.5 Å². The topological polar surface area (TPSA) is 95.4 Å². The Kier molecular flexibility index (Phi) is 6.09. The van der Waals surface area contributed by atoms with E-state index in [1.54, 1.807) is 0 Å². The van der Waals surface area contributed by atoms with Crippen molar-refractivity contribution in [3.8, 4) is 0 Å². The van der Waals surface area contributed by atoms with Crippen LogP contribution in [0.25, 0.3) is 0 Å². The van der Waals surface area contributed by atoms with E-state index in [1.165, 1.54) is 0 Å². The third-order valence-electron chi connectivity index (χ3n) is 1.53. The summed E-state index contributed by atoms with van der Waals surface area (Å²) in [6, 6.07) is -0.238. The number of rotatable bonds is 5. The highest BCUT2D eigenvalue weighted by Gasteiger charge is 2.12. The molecule has 0 aliphatic heterocycles. The maximum atomic E-state index is 10.9. The van der Waals surface area contributed by atoms with E-state index < -0.39 is 11.9 Å². The van der Waals surface area contributed by atoms with Gasteiger partial charge in [0.05, 0.1) is 12.8 Å². The van der Waals surface area contributed by atoms with Crippen LogP contribution < -0.4 is 11.5 Å². The average molecular weight is 188 g/mol. The molecule has 0 aliphatic carbocycles. The number of carbonyl (C=O) groups excluding carboxylic acids is 2. The van der Waals surface area contributed by atoms with Crippen LogP contribution in [0, 0.1) is 0 Å². The van der Waals surface area contributed by atoms with Crippen molar-refractivity contribution in [2.75, 3.05) is 6.54 Å². The molecule has 76 valence electrons. The van der Waals surface area contributed by atoms with E-state index in [4.69, 9.17) is 11.5 Å². The molecule has 4 N–H and O–H groups in total. The van der Waals surface area contributed by atoms with Crippen LogP contribution in [0.5, 0.6) is 0 Å². The van der Waals surface area contributed by atoms with Crippen molar-refractivity contribution in [1.82, 2.24) is 0 Å². The van der Waals surface area contributed by atoms with Crippen LogP contribution in [0.4, 0.5) is 0 Å². The van der Waals surface area contributed by atoms with Gasteiger partial charge in [-0.2, -0.15) is 0 Å². The summed E-state index contributed by atoms with van der Waals surface area (Å²) in [5.41, 5.74) is 10.6. The van der Waals surface area contributed by atoms with Crippen molar-refractivity contribution in [2.45, 2.75) is 32.2 Å². The Morgan fingerprint density at radius 3 is 2.46 bits per heavy atom. The number of hydrogen-bond donors (Lipinski definition) is 2. The maximum absolute atomic E-state index is 10.9. The smallest absolute Gasteiger partial charge is 0.315 e. The van der Waals surface area contributed by atoms with Crippen LogP contribution in [0.15, 0.2) is 0 Å². The number of esters is 2. The summed E-state index contributed by atoms with van der Waals surface area (Å²) >= 11 is 0. The molecule has 5 nitrogen and oxygen atoms in total. The van der Waals surface area contributed by atoms with E-state index in [1.807, 2.05) is 6.92 Å². The Labute approximate surface area is 77.4 Å². The minimum atomic E-state index is -0.587. The Morgan fingerprint density at radius 2 is 2.00 bits per heavy atom. The van der Waals surface area contributed by atoms with Crippen LogP contribution in [0.3, 0.4) is 0 Å². The first-order valence-corrected chi connectivity index (χ1v) is 4.29. The molecule has 0 heterocycles. The molecule has 0 aliphatic rings. The summed E-state index contributed by atoms with van der Waals surface area (Å²) in [5, 5.41) is 0. The van der Waals surface area contributed by atoms with Gasteiger partial charge in [0.1, 0.15) is 0 Å². The molecular formula is C8H16N2O3. The van der Waals surface area contributed by atoms with Crippen molar-refractivity contribution >= 4 is 11.9 Å². The van der Waals surface area contributed by atoms with Gasteiger partial charge in [-0.25, -0.2) is 0 Å². The second kappa shape index (κ2) is 6.56. The molecule has 5 heteroatoms. The molecule has 0 saturated carbocycles. The van der Waals surface area contributed by atoms with E-state index in [0.29, 0.717) is 6.42 Å². The molecule has 0 amide bonds. The second-order valence-corrected chi connectivity index (χ2v) is 2.76. The fourth-order valence-electron chi connectivity index (χ4n) is 0.696. The zero-order chi connectivity index (χ0) is 10.3. The first kappa shape index (κ1) is 12.1. The fourth-order valence-corrected chi connectivity index (χ4v) is 0.696. The van der Waals surface area contributed by atoms with E-state index in [9.17, 15) is 9.59 Å². The molecule has 1 unspecified atom stereocenters. The van der Waals surface area contributed by atoms with E-state index in [-0.39, 0.29) is 25.4 Å².